The zero-order valence-electron chi connectivity index (χ0n) is 16.0. The van der Waals surface area contributed by atoms with Gasteiger partial charge in [0, 0.05) is 24.8 Å². The summed E-state index contributed by atoms with van der Waals surface area (Å²) < 4.78 is 19.6. The number of aliphatic hydroxyl groups is 1. The molecule has 28 heavy (non-hydrogen) atoms. The maximum atomic E-state index is 14.6. The van der Waals surface area contributed by atoms with Crippen LogP contribution < -0.4 is 0 Å². The predicted molar refractivity (Wildman–Crippen MR) is 103 cm³/mol. The van der Waals surface area contributed by atoms with Gasteiger partial charge in [0.2, 0.25) is 0 Å². The van der Waals surface area contributed by atoms with Crippen LogP contribution in [-0.4, -0.2) is 42.0 Å². The van der Waals surface area contributed by atoms with E-state index in [2.05, 4.69) is 0 Å². The molecule has 1 unspecified atom stereocenters. The van der Waals surface area contributed by atoms with E-state index < -0.39 is 23.5 Å². The lowest BCUT2D eigenvalue weighted by Crippen LogP contribution is -2.33. The number of nitrogens with zero attached hydrogens (tertiary/aromatic N) is 1. The summed E-state index contributed by atoms with van der Waals surface area (Å²) in [4.78, 5) is 26.7. The van der Waals surface area contributed by atoms with Crippen LogP contribution in [0.15, 0.2) is 48.0 Å². The average molecular weight is 383 g/mol. The number of ketones is 1. The number of Topliss-reactive ketones (excluding diaryl/α,β-unsaturated/α-hetero) is 1. The Morgan fingerprint density at radius 3 is 2.57 bits per heavy atom. The minimum atomic E-state index is -1.02. The Hall–Kier alpha value is -2.99. The third-order valence-corrected chi connectivity index (χ3v) is 4.92. The molecule has 1 aliphatic heterocycles. The van der Waals surface area contributed by atoms with Gasteiger partial charge in [0.05, 0.1) is 18.2 Å². The molecule has 0 bridgehead atoms. The molecular formula is C22H22FNO4. The molecule has 0 spiro atoms. The van der Waals surface area contributed by atoms with Gasteiger partial charge in [-0.25, -0.2) is 4.39 Å². The molecule has 1 saturated heterocycles. The molecule has 6 heteroatoms. The maximum absolute atomic E-state index is 14.6. The van der Waals surface area contributed by atoms with Crippen molar-refractivity contribution < 1.29 is 23.8 Å². The van der Waals surface area contributed by atoms with E-state index in [0.29, 0.717) is 5.56 Å². The normalized spacial score (nSPS) is 18.7. The van der Waals surface area contributed by atoms with E-state index >= 15 is 0 Å². The Kier molecular flexibility index (Phi) is 5.61. The number of ether oxygens (including phenoxy) is 1. The van der Waals surface area contributed by atoms with E-state index in [9.17, 15) is 19.1 Å². The van der Waals surface area contributed by atoms with Crippen molar-refractivity contribution in [2.24, 2.45) is 0 Å². The Labute approximate surface area is 163 Å². The van der Waals surface area contributed by atoms with Gasteiger partial charge in [-0.15, -0.1) is 0 Å². The van der Waals surface area contributed by atoms with Crippen LogP contribution in [0.2, 0.25) is 0 Å². The number of benzene rings is 2. The number of likely N-dealkylation sites (tertiary alicyclic amines) is 1. The first-order valence-electron chi connectivity index (χ1n) is 8.96. The lowest BCUT2D eigenvalue weighted by molar-refractivity contribution is -0.140. The highest BCUT2D eigenvalue weighted by molar-refractivity contribution is 6.46. The number of hydrogen-bond donors (Lipinski definition) is 1. The van der Waals surface area contributed by atoms with Gasteiger partial charge in [0.25, 0.3) is 11.7 Å². The molecule has 146 valence electrons. The largest absolute Gasteiger partial charge is 0.507 e. The quantitative estimate of drug-likeness (QED) is 0.487. The summed E-state index contributed by atoms with van der Waals surface area (Å²) >= 11 is 0. The van der Waals surface area contributed by atoms with E-state index in [1.165, 1.54) is 30.2 Å². The van der Waals surface area contributed by atoms with Gasteiger partial charge < -0.3 is 14.7 Å². The van der Waals surface area contributed by atoms with Crippen LogP contribution in [-0.2, 0) is 14.3 Å². The monoisotopic (exact) mass is 383 g/mol. The van der Waals surface area contributed by atoms with Crippen LogP contribution in [0.3, 0.4) is 0 Å². The Bertz CT molecular complexity index is 967. The summed E-state index contributed by atoms with van der Waals surface area (Å²) in [5.41, 5.74) is 2.14. The van der Waals surface area contributed by atoms with Crippen molar-refractivity contribution in [3.63, 3.8) is 0 Å². The number of rotatable bonds is 5. The van der Waals surface area contributed by atoms with Gasteiger partial charge in [-0.3, -0.25) is 9.59 Å². The average Bonchev–Trinajstić information content (AvgIpc) is 2.92. The Balaban J connectivity index is 2.24. The van der Waals surface area contributed by atoms with Crippen LogP contribution in [0.25, 0.3) is 5.76 Å². The molecule has 2 aromatic carbocycles. The maximum Gasteiger partial charge on any atom is 0.295 e. The van der Waals surface area contributed by atoms with Crippen LogP contribution in [0, 0.1) is 19.7 Å². The minimum Gasteiger partial charge on any atom is -0.507 e. The van der Waals surface area contributed by atoms with Gasteiger partial charge in [0.15, 0.2) is 0 Å². The SMILES string of the molecule is COCCN1C(=O)C(=O)/C(=C(/O)c2cc(C)ccc2C)C1c1ccccc1F. The van der Waals surface area contributed by atoms with Crippen molar-refractivity contribution in [2.75, 3.05) is 20.3 Å². The molecule has 1 aliphatic rings. The number of halogens is 1. The molecule has 3 rings (SSSR count). The molecule has 0 aliphatic carbocycles. The molecule has 5 nitrogen and oxygen atoms in total. The second kappa shape index (κ2) is 7.94. The molecule has 1 fully saturated rings. The Morgan fingerprint density at radius 2 is 1.89 bits per heavy atom. The van der Waals surface area contributed by atoms with E-state index in [-0.39, 0.29) is 30.0 Å². The number of carbonyl (C=O) groups is 2. The van der Waals surface area contributed by atoms with Crippen molar-refractivity contribution in [2.45, 2.75) is 19.9 Å². The van der Waals surface area contributed by atoms with Gasteiger partial charge in [-0.2, -0.15) is 0 Å². The predicted octanol–water partition coefficient (Wildman–Crippen LogP) is 3.51. The number of carbonyl (C=O) groups excluding carboxylic acids is 2. The molecule has 2 aromatic rings. The number of aliphatic hydroxyl groups excluding tert-OH is 1. The fraction of sp³-hybridized carbons (Fsp3) is 0.273. The van der Waals surface area contributed by atoms with Crippen molar-refractivity contribution in [3.8, 4) is 0 Å². The Morgan fingerprint density at radius 1 is 1.18 bits per heavy atom. The lowest BCUT2D eigenvalue weighted by atomic mass is 9.93. The van der Waals surface area contributed by atoms with Crippen LogP contribution >= 0.6 is 0 Å². The highest BCUT2D eigenvalue weighted by atomic mass is 19.1. The minimum absolute atomic E-state index is 0.101. The third kappa shape index (κ3) is 3.43. The first-order valence-corrected chi connectivity index (χ1v) is 8.96. The zero-order valence-corrected chi connectivity index (χ0v) is 16.0. The highest BCUT2D eigenvalue weighted by Gasteiger charge is 2.46. The first kappa shape index (κ1) is 19.8. The fourth-order valence-corrected chi connectivity index (χ4v) is 3.46. The summed E-state index contributed by atoms with van der Waals surface area (Å²) in [6.45, 7) is 3.94. The molecule has 1 N–H and O–H groups in total. The van der Waals surface area contributed by atoms with Crippen molar-refractivity contribution in [1.29, 1.82) is 0 Å². The summed E-state index contributed by atoms with van der Waals surface area (Å²) in [5, 5.41) is 11.0. The van der Waals surface area contributed by atoms with E-state index in [1.54, 1.807) is 19.1 Å². The second-order valence-electron chi connectivity index (χ2n) is 6.83. The van der Waals surface area contributed by atoms with Crippen LogP contribution in [0.5, 0.6) is 0 Å². The number of amides is 1. The first-order chi connectivity index (χ1) is 13.4. The smallest absolute Gasteiger partial charge is 0.295 e. The van der Waals surface area contributed by atoms with Crippen molar-refractivity contribution in [1.82, 2.24) is 4.90 Å². The summed E-state index contributed by atoms with van der Waals surface area (Å²) in [7, 11) is 1.48. The van der Waals surface area contributed by atoms with Crippen LogP contribution in [0.1, 0.15) is 28.3 Å². The molecule has 1 atom stereocenters. The summed E-state index contributed by atoms with van der Waals surface area (Å²) in [5.74, 6) is -2.46. The summed E-state index contributed by atoms with van der Waals surface area (Å²) in [6, 6.07) is 10.4. The van der Waals surface area contributed by atoms with E-state index in [4.69, 9.17) is 4.74 Å². The standard InChI is InChI=1S/C22H22FNO4/c1-13-8-9-14(2)16(12-13)20(25)18-19(15-6-4-5-7-17(15)23)24(10-11-28-3)22(27)21(18)26/h4-9,12,19,25H,10-11H2,1-3H3/b20-18+. The number of aryl methyl sites for hydroxylation is 2. The molecule has 1 heterocycles. The second-order valence-corrected chi connectivity index (χ2v) is 6.83. The van der Waals surface area contributed by atoms with Crippen molar-refractivity contribution >= 4 is 17.4 Å². The van der Waals surface area contributed by atoms with Crippen LogP contribution in [0.4, 0.5) is 4.39 Å². The van der Waals surface area contributed by atoms with E-state index in [1.807, 2.05) is 19.1 Å². The van der Waals surface area contributed by atoms with Gasteiger partial charge in [-0.05, 0) is 31.5 Å². The fourth-order valence-electron chi connectivity index (χ4n) is 3.46. The molecular weight excluding hydrogens is 361 g/mol. The van der Waals surface area contributed by atoms with Gasteiger partial charge in [-0.1, -0.05) is 35.9 Å². The van der Waals surface area contributed by atoms with Crippen molar-refractivity contribution in [3.05, 3.63) is 76.1 Å². The topological polar surface area (TPSA) is 66.8 Å². The molecule has 0 aromatic heterocycles. The number of methoxy groups -OCH3 is 1. The molecule has 0 saturated carbocycles. The summed E-state index contributed by atoms with van der Waals surface area (Å²) in [6.07, 6.45) is 0. The lowest BCUT2D eigenvalue weighted by Gasteiger charge is -2.25. The zero-order chi connectivity index (χ0) is 20.4. The molecule has 1 amide bonds. The molecule has 0 radical (unpaired) electrons. The van der Waals surface area contributed by atoms with E-state index in [0.717, 1.165) is 11.1 Å². The van der Waals surface area contributed by atoms with Gasteiger partial charge >= 0.3 is 0 Å². The van der Waals surface area contributed by atoms with Gasteiger partial charge in [0.1, 0.15) is 11.6 Å². The highest BCUT2D eigenvalue weighted by Crippen LogP contribution is 2.40. The third-order valence-electron chi connectivity index (χ3n) is 4.92. The number of hydrogen-bond acceptors (Lipinski definition) is 4.